The number of nitrogens with one attached hydrogen (secondary N) is 2. The first-order valence-corrected chi connectivity index (χ1v) is 33.6. The van der Waals surface area contributed by atoms with E-state index in [0.29, 0.717) is 0 Å². The fourth-order valence-corrected chi connectivity index (χ4v) is 12.7. The van der Waals surface area contributed by atoms with E-state index in [2.05, 4.69) is 24.5 Å². The normalized spacial score (nSPS) is 34.8. The van der Waals surface area contributed by atoms with Crippen LogP contribution < -0.4 is 10.6 Å². The van der Waals surface area contributed by atoms with Crippen LogP contribution in [0.4, 0.5) is 0 Å². The zero-order chi connectivity index (χ0) is 63.0. The first kappa shape index (κ1) is 74.8. The number of hydrogen-bond acceptors (Lipinski definition) is 23. The summed E-state index contributed by atoms with van der Waals surface area (Å²) in [6, 6.07) is -2.82. The highest BCUT2D eigenvalue weighted by Gasteiger charge is 2.64. The van der Waals surface area contributed by atoms with Gasteiger partial charge in [0.1, 0.15) is 85.4 Å². The van der Waals surface area contributed by atoms with E-state index >= 15 is 0 Å². The Bertz CT molecular complexity index is 1990. The van der Waals surface area contributed by atoms with Gasteiger partial charge in [0.05, 0.1) is 44.7 Å². The van der Waals surface area contributed by atoms with Crippen LogP contribution >= 0.6 is 0 Å². The molecule has 13 N–H and O–H groups in total. The monoisotopic (exact) mass is 1260 g/mol. The number of aliphatic hydroxyl groups is 10. The number of rotatable bonds is 43. The molecule has 504 valence electrons. The number of ether oxygens (including phenoxy) is 8. The van der Waals surface area contributed by atoms with Gasteiger partial charge in [-0.25, -0.2) is 4.18 Å². The molecule has 0 aromatic carbocycles. The third-order valence-electron chi connectivity index (χ3n) is 17.5. The van der Waals surface area contributed by atoms with Crippen molar-refractivity contribution in [1.29, 1.82) is 0 Å². The molecule has 6 aliphatic rings. The molecule has 6 heterocycles. The van der Waals surface area contributed by atoms with Gasteiger partial charge in [0.2, 0.25) is 5.91 Å². The fourth-order valence-electron chi connectivity index (χ4n) is 12.4. The van der Waals surface area contributed by atoms with E-state index in [9.17, 15) is 73.6 Å². The topological polar surface area (TPSA) is 398 Å². The highest BCUT2D eigenvalue weighted by atomic mass is 32.3. The maximum absolute atomic E-state index is 13.7. The Hall–Kier alpha value is -1.91. The first-order valence-electron chi connectivity index (χ1n) is 32.2. The first-order chi connectivity index (χ1) is 41.1. The van der Waals surface area contributed by atoms with Crippen LogP contribution in [0.1, 0.15) is 201 Å². The van der Waals surface area contributed by atoms with Gasteiger partial charge in [-0.05, 0) is 25.7 Å². The van der Waals surface area contributed by atoms with Crippen LogP contribution in [-0.2, 0) is 62.1 Å². The number of amides is 2. The lowest BCUT2D eigenvalue weighted by atomic mass is 9.84. The molecule has 21 atom stereocenters. The quantitative estimate of drug-likeness (QED) is 0.0308. The Morgan fingerprint density at radius 2 is 1.16 bits per heavy atom. The molecular weight excluding hydrogens is 1150 g/mol. The lowest BCUT2D eigenvalue weighted by Gasteiger charge is -2.55. The Labute approximate surface area is 508 Å². The molecule has 6 rings (SSSR count). The van der Waals surface area contributed by atoms with Crippen molar-refractivity contribution in [2.75, 3.05) is 26.4 Å². The van der Waals surface area contributed by atoms with Gasteiger partial charge in [-0.15, -0.1) is 0 Å². The third kappa shape index (κ3) is 22.7. The minimum Gasteiger partial charge on any atom is -0.394 e. The highest BCUT2D eigenvalue weighted by molar-refractivity contribution is 7.80. The van der Waals surface area contributed by atoms with Crippen LogP contribution in [0.15, 0.2) is 0 Å². The number of aliphatic hydroxyl groups excluding tert-OH is 10. The average molecular weight is 1260 g/mol. The van der Waals surface area contributed by atoms with E-state index in [0.717, 1.165) is 64.2 Å². The Kier molecular flexibility index (Phi) is 33.2. The second-order valence-electron chi connectivity index (χ2n) is 24.6. The zero-order valence-corrected chi connectivity index (χ0v) is 52.0. The molecule has 0 spiro atoms. The Morgan fingerprint density at radius 1 is 0.663 bits per heavy atom. The molecule has 0 unspecified atom stereocenters. The molecule has 27 heteroatoms. The van der Waals surface area contributed by atoms with Gasteiger partial charge in [0.15, 0.2) is 18.9 Å². The van der Waals surface area contributed by atoms with Crippen molar-refractivity contribution in [2.24, 2.45) is 5.92 Å². The summed E-state index contributed by atoms with van der Waals surface area (Å²) < 4.78 is 89.2. The predicted octanol–water partition coefficient (Wildman–Crippen LogP) is 2.33. The number of carbonyl (C=O) groups excluding carboxylic acids is 2. The number of fused-ring (bicyclic) bond motifs is 3. The fraction of sp³-hybridized carbons (Fsp3) is 0.966. The van der Waals surface area contributed by atoms with Crippen LogP contribution in [0, 0.1) is 5.92 Å². The van der Waals surface area contributed by atoms with Crippen molar-refractivity contribution in [3.05, 3.63) is 0 Å². The molecule has 0 saturated carbocycles. The van der Waals surface area contributed by atoms with Crippen LogP contribution in [0.3, 0.4) is 0 Å². The molecule has 26 nitrogen and oxygen atoms in total. The Morgan fingerprint density at radius 3 is 1.66 bits per heavy atom. The van der Waals surface area contributed by atoms with E-state index in [-0.39, 0.29) is 12.5 Å². The smallest absolute Gasteiger partial charge is 0.394 e. The van der Waals surface area contributed by atoms with Crippen molar-refractivity contribution in [3.63, 3.8) is 0 Å². The van der Waals surface area contributed by atoms with Crippen LogP contribution in [0.25, 0.3) is 0 Å². The molecule has 2 bridgehead atoms. The van der Waals surface area contributed by atoms with E-state index in [1.807, 2.05) is 0 Å². The van der Waals surface area contributed by atoms with Crippen LogP contribution in [0.5, 0.6) is 0 Å². The van der Waals surface area contributed by atoms with E-state index in [1.54, 1.807) is 0 Å². The molecule has 0 aromatic rings. The molecule has 2 amide bonds. The third-order valence-corrected chi connectivity index (χ3v) is 17.9. The standard InChI is InChI=1S/C59H108N2O24S/c1-5-7-9-11-13-15-17-19-21-23-25-27-29-38(30-28-26-24-22-20-18-16-14-12-10-8-6-2)34-77-55-44(60-37(4)64)53(83-56-49(71)48(70)45(67)36(3)79-56)51(42(81-55)35-78-86(74,75)76)82-57-50(72)54(47(69)41(33-63)80-57)85-59-31-39(65)43(61-58(59)73)52(84-59)46(68)40(66)32-62/h36,38-57,62-63,65-72H,5-35H2,1-4H3,(H,60,64)(H,61,73)(H,74,75,76)/t36-,39-,40-,41+,42+,43+,44+,45+,46+,47-,48+,49-,50+,51-,52+,53+,54-,55+,56-,57-,59+/m0/s1. The van der Waals surface area contributed by atoms with Crippen molar-refractivity contribution in [3.8, 4) is 0 Å². The largest absolute Gasteiger partial charge is 0.397 e. The summed E-state index contributed by atoms with van der Waals surface area (Å²) in [6.45, 7) is 4.00. The summed E-state index contributed by atoms with van der Waals surface area (Å²) in [7, 11) is -5.27. The summed E-state index contributed by atoms with van der Waals surface area (Å²) in [4.78, 5) is 27.0. The molecule has 6 saturated heterocycles. The van der Waals surface area contributed by atoms with Gasteiger partial charge < -0.3 is 99.6 Å². The van der Waals surface area contributed by atoms with Crippen molar-refractivity contribution < 1.29 is 116 Å². The number of piperidine rings is 1. The summed E-state index contributed by atoms with van der Waals surface area (Å²) in [5.41, 5.74) is 0. The lowest BCUT2D eigenvalue weighted by Crippen LogP contribution is -2.77. The van der Waals surface area contributed by atoms with E-state index in [1.165, 1.54) is 117 Å². The van der Waals surface area contributed by atoms with E-state index in [4.69, 9.17) is 42.1 Å². The van der Waals surface area contributed by atoms with Gasteiger partial charge in [0.25, 0.3) is 11.7 Å². The summed E-state index contributed by atoms with van der Waals surface area (Å²) in [6.07, 6.45) is -3.53. The van der Waals surface area contributed by atoms with Crippen molar-refractivity contribution in [2.45, 2.75) is 329 Å². The molecule has 86 heavy (non-hydrogen) atoms. The lowest BCUT2D eigenvalue weighted by molar-refractivity contribution is -0.393. The number of unbranched alkanes of at least 4 members (excludes halogenated alkanes) is 22. The highest BCUT2D eigenvalue weighted by Crippen LogP contribution is 2.42. The molecular formula is C59H108N2O24S. The second kappa shape index (κ2) is 38.2. The molecule has 6 aliphatic heterocycles. The van der Waals surface area contributed by atoms with Crippen molar-refractivity contribution in [1.82, 2.24) is 10.6 Å². The van der Waals surface area contributed by atoms with Crippen LogP contribution in [-0.4, -0.2) is 231 Å². The average Bonchev–Trinajstić information content (AvgIpc) is 0.939. The van der Waals surface area contributed by atoms with Gasteiger partial charge >= 0.3 is 10.4 Å². The number of morpholine rings is 1. The molecule has 0 aliphatic carbocycles. The summed E-state index contributed by atoms with van der Waals surface area (Å²) >= 11 is 0. The van der Waals surface area contributed by atoms with Gasteiger partial charge in [-0.2, -0.15) is 8.42 Å². The van der Waals surface area contributed by atoms with Gasteiger partial charge in [-0.1, -0.05) is 168 Å². The second-order valence-corrected chi connectivity index (χ2v) is 25.6. The minimum atomic E-state index is -5.27. The Balaban J connectivity index is 1.42. The summed E-state index contributed by atoms with van der Waals surface area (Å²) in [5, 5.41) is 114. The molecule has 0 radical (unpaired) electrons. The maximum Gasteiger partial charge on any atom is 0.397 e. The molecule has 6 fully saturated rings. The maximum atomic E-state index is 13.7. The summed E-state index contributed by atoms with van der Waals surface area (Å²) in [5.74, 6) is -4.38. The van der Waals surface area contributed by atoms with E-state index < -0.39 is 177 Å². The number of hydrogen-bond donors (Lipinski definition) is 13. The van der Waals surface area contributed by atoms with Gasteiger partial charge in [-0.3, -0.25) is 14.1 Å². The van der Waals surface area contributed by atoms with Crippen molar-refractivity contribution >= 4 is 22.2 Å². The predicted molar refractivity (Wildman–Crippen MR) is 309 cm³/mol. The number of carbonyl (C=O) groups is 2. The van der Waals surface area contributed by atoms with Crippen LogP contribution in [0.2, 0.25) is 0 Å². The minimum absolute atomic E-state index is 0.0293. The zero-order valence-electron chi connectivity index (χ0n) is 51.2. The molecule has 0 aromatic heterocycles. The van der Waals surface area contributed by atoms with Gasteiger partial charge in [0, 0.05) is 13.3 Å². The SMILES string of the molecule is CCCCCCCCCCCCCCC(CCCCCCCCCCCCCC)CO[C@@H]1O[C@H](COS(=O)(=O)O)[C@H](O[C@@H]2O[C@H](CO)[C@H](O)[C@H](O[C@]34C[C@H](O)[C@@H](NC3=O)[C@H]([C@H](O)[C@@H](O)CO)O4)[C@H]2O)[C@H](O[C@@H]2O[C@@H](C)[C@@H](O)[C@@H](O)[C@@H]2O)[C@H]1NC(C)=O.